The Labute approximate surface area is 284 Å². The van der Waals surface area contributed by atoms with Gasteiger partial charge in [-0.3, -0.25) is 19.2 Å². The van der Waals surface area contributed by atoms with E-state index in [2.05, 4.69) is 10.6 Å². The zero-order valence-electron chi connectivity index (χ0n) is 28.9. The van der Waals surface area contributed by atoms with E-state index in [0.717, 1.165) is 25.3 Å². The van der Waals surface area contributed by atoms with Crippen LogP contribution >= 0.6 is 0 Å². The summed E-state index contributed by atoms with van der Waals surface area (Å²) in [4.78, 5) is 52.8. The van der Waals surface area contributed by atoms with Crippen LogP contribution in [0.1, 0.15) is 113 Å². The molecule has 0 saturated carbocycles. The predicted octanol–water partition coefficient (Wildman–Crippen LogP) is 7.48. The van der Waals surface area contributed by atoms with Crippen LogP contribution in [0.4, 0.5) is 24.5 Å². The molecule has 2 atom stereocenters. The molecule has 0 aromatic heterocycles. The molecule has 2 unspecified atom stereocenters. The summed E-state index contributed by atoms with van der Waals surface area (Å²) >= 11 is 0. The van der Waals surface area contributed by atoms with Gasteiger partial charge in [0.2, 0.25) is 11.8 Å². The van der Waals surface area contributed by atoms with E-state index in [9.17, 15) is 23.6 Å². The summed E-state index contributed by atoms with van der Waals surface area (Å²) < 4.78 is 70.5. The number of amides is 2. The van der Waals surface area contributed by atoms with Gasteiger partial charge in [-0.05, 0) is 50.3 Å². The van der Waals surface area contributed by atoms with Gasteiger partial charge in [0, 0.05) is 29.4 Å². The number of ketones is 2. The van der Waals surface area contributed by atoms with Gasteiger partial charge in [-0.15, -0.1) is 0 Å². The van der Waals surface area contributed by atoms with Crippen molar-refractivity contribution in [3.63, 3.8) is 0 Å². The number of hydrogen-bond donors (Lipinski definition) is 2. The summed E-state index contributed by atoms with van der Waals surface area (Å²) in [6.45, 7) is 9.76. The second-order valence-electron chi connectivity index (χ2n) is 14.3. The number of nitrogens with one attached hydrogen (secondary N) is 2. The zero-order valence-corrected chi connectivity index (χ0v) is 28.9. The molecule has 0 spiro atoms. The number of ether oxygens (including phenoxy) is 4. The summed E-state index contributed by atoms with van der Waals surface area (Å²) in [6.07, 6.45) is 1.22. The van der Waals surface area contributed by atoms with E-state index in [1.165, 1.54) is 12.1 Å². The van der Waals surface area contributed by atoms with Crippen molar-refractivity contribution < 1.29 is 51.3 Å². The van der Waals surface area contributed by atoms with E-state index in [1.54, 1.807) is 41.5 Å². The van der Waals surface area contributed by atoms with Crippen molar-refractivity contribution in [2.24, 2.45) is 10.8 Å². The molecule has 2 amide bonds. The average Bonchev–Trinajstić information content (AvgIpc) is 3.04. The smallest absolute Gasteiger partial charge is 0.229 e. The standard InChI is InChI=1S/C36H45F3N2O8/c1-35(2,3)33(44)40-23-14-13-20(17-22(23)37)24(42)18-25(43)28-31(41-34(45)36(4,5)6)29(38)21(19-48-26-11-7-9-15-46-26)30(39)32(28)49-27-12-8-10-16-47-27/h13-14,17,26-27H,7-12,15-16,18-19H2,1-6H3,(H,40,44)(H,41,45). The topological polar surface area (TPSA) is 129 Å². The van der Waals surface area contributed by atoms with Crippen LogP contribution in [0.5, 0.6) is 5.75 Å². The number of hydrogen-bond acceptors (Lipinski definition) is 8. The molecule has 2 heterocycles. The van der Waals surface area contributed by atoms with Crippen LogP contribution in [-0.4, -0.2) is 49.2 Å². The van der Waals surface area contributed by atoms with Crippen molar-refractivity contribution >= 4 is 34.8 Å². The first-order chi connectivity index (χ1) is 23.0. The monoisotopic (exact) mass is 690 g/mol. The number of anilines is 2. The lowest BCUT2D eigenvalue weighted by molar-refractivity contribution is -0.169. The second kappa shape index (κ2) is 15.8. The first-order valence-electron chi connectivity index (χ1n) is 16.5. The first-order valence-corrected chi connectivity index (χ1v) is 16.5. The first kappa shape index (κ1) is 38.0. The van der Waals surface area contributed by atoms with Gasteiger partial charge in [0.1, 0.15) is 5.82 Å². The molecule has 2 fully saturated rings. The van der Waals surface area contributed by atoms with Crippen molar-refractivity contribution in [3.05, 3.63) is 52.3 Å². The third kappa shape index (κ3) is 9.67. The summed E-state index contributed by atoms with van der Waals surface area (Å²) in [7, 11) is 0. The average molecular weight is 691 g/mol. The molecular weight excluding hydrogens is 645 g/mol. The fraction of sp³-hybridized carbons (Fsp3) is 0.556. The number of carbonyl (C=O) groups is 4. The van der Waals surface area contributed by atoms with Gasteiger partial charge in [0.05, 0.1) is 42.1 Å². The summed E-state index contributed by atoms with van der Waals surface area (Å²) in [5.41, 5.74) is -4.27. The molecule has 10 nitrogen and oxygen atoms in total. The van der Waals surface area contributed by atoms with E-state index in [1.807, 2.05) is 0 Å². The molecule has 4 rings (SSSR count). The quantitative estimate of drug-likeness (QED) is 0.184. The highest BCUT2D eigenvalue weighted by Crippen LogP contribution is 2.40. The largest absolute Gasteiger partial charge is 0.461 e. The predicted molar refractivity (Wildman–Crippen MR) is 175 cm³/mol. The fourth-order valence-electron chi connectivity index (χ4n) is 5.03. The Morgan fingerprint density at radius 2 is 1.39 bits per heavy atom. The van der Waals surface area contributed by atoms with Crippen molar-refractivity contribution in [1.82, 2.24) is 0 Å². The highest BCUT2D eigenvalue weighted by Gasteiger charge is 2.35. The van der Waals surface area contributed by atoms with Crippen LogP contribution in [0.2, 0.25) is 0 Å². The summed E-state index contributed by atoms with van der Waals surface area (Å²) in [5, 5.41) is 4.88. The van der Waals surface area contributed by atoms with E-state index in [0.29, 0.717) is 32.5 Å². The summed E-state index contributed by atoms with van der Waals surface area (Å²) in [6, 6.07) is 3.27. The lowest BCUT2D eigenvalue weighted by atomic mass is 9.93. The van der Waals surface area contributed by atoms with E-state index >= 15 is 8.78 Å². The number of halogens is 3. The maximum Gasteiger partial charge on any atom is 0.229 e. The molecule has 2 aromatic carbocycles. The van der Waals surface area contributed by atoms with E-state index in [-0.39, 0.29) is 11.3 Å². The van der Waals surface area contributed by atoms with E-state index < -0.39 is 99.8 Å². The minimum Gasteiger partial charge on any atom is -0.461 e. The maximum absolute atomic E-state index is 16.4. The molecule has 2 aromatic rings. The van der Waals surface area contributed by atoms with Gasteiger partial charge in [-0.1, -0.05) is 41.5 Å². The van der Waals surface area contributed by atoms with Gasteiger partial charge < -0.3 is 29.6 Å². The van der Waals surface area contributed by atoms with Crippen molar-refractivity contribution in [2.75, 3.05) is 23.8 Å². The van der Waals surface area contributed by atoms with Gasteiger partial charge in [-0.2, -0.15) is 0 Å². The Balaban J connectivity index is 1.74. The number of benzene rings is 2. The van der Waals surface area contributed by atoms with Crippen LogP contribution in [-0.2, 0) is 30.4 Å². The van der Waals surface area contributed by atoms with Crippen molar-refractivity contribution in [1.29, 1.82) is 0 Å². The minimum absolute atomic E-state index is 0.168. The maximum atomic E-state index is 16.4. The Kier molecular flexibility index (Phi) is 12.3. The van der Waals surface area contributed by atoms with E-state index in [4.69, 9.17) is 18.9 Å². The summed E-state index contributed by atoms with van der Waals surface area (Å²) in [5.74, 6) is -7.28. The van der Waals surface area contributed by atoms with Crippen LogP contribution in [0.15, 0.2) is 18.2 Å². The van der Waals surface area contributed by atoms with Gasteiger partial charge in [-0.25, -0.2) is 13.2 Å². The lowest BCUT2D eigenvalue weighted by Gasteiger charge is -2.28. The second-order valence-corrected chi connectivity index (χ2v) is 14.3. The highest BCUT2D eigenvalue weighted by atomic mass is 19.1. The number of carbonyl (C=O) groups excluding carboxylic acids is 4. The minimum atomic E-state index is -1.27. The zero-order chi connectivity index (χ0) is 36.1. The Bertz CT molecular complexity index is 1570. The molecule has 2 aliphatic heterocycles. The fourth-order valence-corrected chi connectivity index (χ4v) is 5.03. The number of rotatable bonds is 11. The highest BCUT2D eigenvalue weighted by molar-refractivity contribution is 6.17. The number of Topliss-reactive ketones (excluding diaryl/α,β-unsaturated/α-hetero) is 2. The van der Waals surface area contributed by atoms with Gasteiger partial charge in [0.15, 0.2) is 41.5 Å². The molecular formula is C36H45F3N2O8. The Hall–Kier alpha value is -3.81. The third-order valence-corrected chi connectivity index (χ3v) is 8.10. The van der Waals surface area contributed by atoms with Crippen LogP contribution in [0, 0.1) is 28.3 Å². The van der Waals surface area contributed by atoms with Crippen molar-refractivity contribution in [2.45, 2.75) is 106 Å². The normalized spacial score (nSPS) is 18.5. The molecule has 13 heteroatoms. The third-order valence-electron chi connectivity index (χ3n) is 8.10. The molecule has 0 bridgehead atoms. The SMILES string of the molecule is CC(C)(C)C(=O)Nc1ccc(C(=O)CC(=O)c2c(NC(=O)C(C)(C)C)c(F)c(COC3CCCCO3)c(F)c2OC2CCCCO2)cc1F. The van der Waals surface area contributed by atoms with Crippen LogP contribution in [0.3, 0.4) is 0 Å². The Morgan fingerprint density at radius 1 is 0.796 bits per heavy atom. The van der Waals surface area contributed by atoms with Gasteiger partial charge in [0.25, 0.3) is 0 Å². The molecule has 0 aliphatic carbocycles. The molecule has 2 saturated heterocycles. The molecule has 2 aliphatic rings. The van der Waals surface area contributed by atoms with Gasteiger partial charge >= 0.3 is 0 Å². The van der Waals surface area contributed by atoms with Crippen LogP contribution in [0.25, 0.3) is 0 Å². The molecule has 49 heavy (non-hydrogen) atoms. The molecule has 268 valence electrons. The lowest BCUT2D eigenvalue weighted by Crippen LogP contribution is -2.31. The molecule has 2 N–H and O–H groups in total. The Morgan fingerprint density at radius 3 is 1.94 bits per heavy atom. The van der Waals surface area contributed by atoms with Crippen LogP contribution < -0.4 is 15.4 Å². The molecule has 0 radical (unpaired) electrons. The van der Waals surface area contributed by atoms with Crippen molar-refractivity contribution in [3.8, 4) is 5.75 Å².